The molecule has 0 fully saturated rings. The molecule has 31 heavy (non-hydrogen) atoms. The fraction of sp³-hybridized carbons (Fsp3) is 0.182. The summed E-state index contributed by atoms with van der Waals surface area (Å²) in [6.45, 7) is -0.490. The summed E-state index contributed by atoms with van der Waals surface area (Å²) < 4.78 is 42.6. The van der Waals surface area contributed by atoms with E-state index in [1.165, 1.54) is 6.07 Å². The van der Waals surface area contributed by atoms with Crippen molar-refractivity contribution in [3.63, 3.8) is 0 Å². The van der Waals surface area contributed by atoms with Crippen molar-refractivity contribution < 1.29 is 22.7 Å². The van der Waals surface area contributed by atoms with Crippen molar-refractivity contribution in [1.29, 1.82) is 0 Å². The lowest BCUT2D eigenvalue weighted by molar-refractivity contribution is -0.132. The van der Waals surface area contributed by atoms with E-state index >= 15 is 0 Å². The first-order chi connectivity index (χ1) is 14.7. The Labute approximate surface area is 187 Å². The van der Waals surface area contributed by atoms with Crippen LogP contribution in [0.5, 0.6) is 5.88 Å². The normalized spacial score (nSPS) is 14.2. The molecule has 9 heteroatoms. The Morgan fingerprint density at radius 2 is 1.94 bits per heavy atom. The summed E-state index contributed by atoms with van der Waals surface area (Å²) in [5.41, 5.74) is 1.35. The number of hydrogen-bond acceptors (Lipinski definition) is 3. The van der Waals surface area contributed by atoms with Crippen molar-refractivity contribution in [2.45, 2.75) is 19.0 Å². The van der Waals surface area contributed by atoms with Crippen LogP contribution in [0.3, 0.4) is 0 Å². The van der Waals surface area contributed by atoms with Crippen LogP contribution in [0.2, 0.25) is 0 Å². The number of nitrogens with zero attached hydrogens (tertiary/aromatic N) is 1. The van der Waals surface area contributed by atoms with Crippen LogP contribution in [0.15, 0.2) is 76.5 Å². The number of alkyl halides is 3. The number of rotatable bonds is 6. The van der Waals surface area contributed by atoms with Gasteiger partial charge in [-0.3, -0.25) is 4.79 Å². The van der Waals surface area contributed by atoms with Gasteiger partial charge < -0.3 is 10.1 Å². The van der Waals surface area contributed by atoms with Gasteiger partial charge in [-0.1, -0.05) is 47.5 Å². The quantitative estimate of drug-likeness (QED) is 0.537. The van der Waals surface area contributed by atoms with E-state index in [9.17, 15) is 18.0 Å². The number of aromatic nitrogens is 1. The predicted octanol–water partition coefficient (Wildman–Crippen LogP) is 6.34. The molecule has 3 rings (SSSR count). The Balaban J connectivity index is 1.76. The molecule has 2 aromatic rings. The average molecular weight is 469 g/mol. The molecule has 0 radical (unpaired) electrons. The second-order valence-corrected chi connectivity index (χ2v) is 7.47. The van der Waals surface area contributed by atoms with Gasteiger partial charge >= 0.3 is 6.18 Å². The van der Waals surface area contributed by atoms with E-state index < -0.39 is 25.0 Å². The molecule has 0 saturated carbocycles. The largest absolute Gasteiger partial charge is 0.437 e. The van der Waals surface area contributed by atoms with Gasteiger partial charge in [0.15, 0.2) is 0 Å². The summed E-state index contributed by atoms with van der Waals surface area (Å²) in [6, 6.07) is 11.5. The van der Waals surface area contributed by atoms with Crippen LogP contribution in [0, 0.1) is 0 Å². The zero-order chi connectivity index (χ0) is 22.4. The van der Waals surface area contributed by atoms with Gasteiger partial charge in [0.25, 0.3) is 5.91 Å². The van der Waals surface area contributed by atoms with Crippen LogP contribution in [0.4, 0.5) is 13.2 Å². The van der Waals surface area contributed by atoms with Crippen molar-refractivity contribution in [1.82, 2.24) is 10.3 Å². The summed E-state index contributed by atoms with van der Waals surface area (Å²) in [5, 5.41) is 3.18. The summed E-state index contributed by atoms with van der Waals surface area (Å²) in [5.74, 6) is 0.0733. The summed E-state index contributed by atoms with van der Waals surface area (Å²) in [6.07, 6.45) is 0.236. The third-order valence-corrected chi connectivity index (χ3v) is 4.71. The number of nitrogens with one attached hydrogen (secondary N) is 1. The van der Waals surface area contributed by atoms with Gasteiger partial charge in [-0.25, -0.2) is 4.98 Å². The Morgan fingerprint density at radius 3 is 2.71 bits per heavy atom. The first-order valence-corrected chi connectivity index (χ1v) is 9.99. The van der Waals surface area contributed by atoms with Crippen molar-refractivity contribution in [2.75, 3.05) is 6.54 Å². The van der Waals surface area contributed by atoms with Crippen molar-refractivity contribution >= 4 is 29.1 Å². The van der Waals surface area contributed by atoms with Crippen molar-refractivity contribution in [2.24, 2.45) is 0 Å². The summed E-state index contributed by atoms with van der Waals surface area (Å²) >= 11 is 12.2. The van der Waals surface area contributed by atoms with E-state index in [0.29, 0.717) is 33.5 Å². The lowest BCUT2D eigenvalue weighted by atomic mass is 10.1. The molecular formula is C22H17Cl2F3N2O2. The number of carbonyl (C=O) groups excluding carboxylic acids is 1. The second kappa shape index (κ2) is 10.0. The molecule has 0 saturated heterocycles. The molecule has 0 spiro atoms. The molecule has 0 bridgehead atoms. The highest BCUT2D eigenvalue weighted by Gasteiger charge is 2.26. The molecular weight excluding hydrogens is 452 g/mol. The topological polar surface area (TPSA) is 51.2 Å². The maximum absolute atomic E-state index is 12.3. The number of amides is 1. The number of carbonyl (C=O) groups is 1. The maximum Gasteiger partial charge on any atom is 0.390 e. The molecule has 1 aliphatic rings. The van der Waals surface area contributed by atoms with E-state index in [1.54, 1.807) is 48.6 Å². The summed E-state index contributed by atoms with van der Waals surface area (Å²) in [7, 11) is 0. The molecule has 1 N–H and O–H groups in total. The molecule has 0 unspecified atom stereocenters. The van der Waals surface area contributed by atoms with Gasteiger partial charge in [-0.05, 0) is 30.4 Å². The third kappa shape index (κ3) is 6.87. The van der Waals surface area contributed by atoms with Crippen LogP contribution < -0.4 is 10.1 Å². The molecule has 1 amide bonds. The van der Waals surface area contributed by atoms with E-state index in [0.717, 1.165) is 0 Å². The number of halogens is 5. The highest BCUT2D eigenvalue weighted by Crippen LogP contribution is 2.26. The van der Waals surface area contributed by atoms with Gasteiger partial charge in [0, 0.05) is 35.2 Å². The highest BCUT2D eigenvalue weighted by atomic mass is 35.5. The molecule has 1 aromatic carbocycles. The van der Waals surface area contributed by atoms with Crippen LogP contribution >= 0.6 is 23.2 Å². The minimum absolute atomic E-state index is 0.227. The van der Waals surface area contributed by atoms with Gasteiger partial charge in [0.05, 0.1) is 17.1 Å². The molecule has 1 aromatic heterocycles. The minimum atomic E-state index is -4.33. The van der Waals surface area contributed by atoms with Gasteiger partial charge in [-0.15, -0.1) is 0 Å². The van der Waals surface area contributed by atoms with Crippen LogP contribution in [0.25, 0.3) is 11.3 Å². The monoisotopic (exact) mass is 468 g/mol. The van der Waals surface area contributed by atoms with Crippen LogP contribution in [0.1, 0.15) is 23.2 Å². The SMILES string of the molecule is O=C(NCCC(F)(F)F)c1cccc(-c2cccc(OC3=C(Cl)C=C(Cl)CC=C3)n2)c1. The lowest BCUT2D eigenvalue weighted by Crippen LogP contribution is -2.27. The molecule has 162 valence electrons. The van der Waals surface area contributed by atoms with Crippen molar-refractivity contribution in [3.8, 4) is 17.1 Å². The Kier molecular flexibility index (Phi) is 7.41. The van der Waals surface area contributed by atoms with E-state index in [-0.39, 0.29) is 11.4 Å². The summed E-state index contributed by atoms with van der Waals surface area (Å²) in [4.78, 5) is 16.6. The predicted molar refractivity (Wildman–Crippen MR) is 114 cm³/mol. The maximum atomic E-state index is 12.3. The van der Waals surface area contributed by atoms with Gasteiger partial charge in [-0.2, -0.15) is 13.2 Å². The average Bonchev–Trinajstić information content (AvgIpc) is 2.87. The van der Waals surface area contributed by atoms with E-state index in [1.807, 2.05) is 6.08 Å². The number of pyridine rings is 1. The highest BCUT2D eigenvalue weighted by molar-refractivity contribution is 6.35. The first kappa shape index (κ1) is 22.9. The van der Waals surface area contributed by atoms with Crippen molar-refractivity contribution in [3.05, 3.63) is 82.1 Å². The molecule has 0 aliphatic heterocycles. The molecule has 4 nitrogen and oxygen atoms in total. The number of ether oxygens (including phenoxy) is 1. The third-order valence-electron chi connectivity index (χ3n) is 4.15. The first-order valence-electron chi connectivity index (χ1n) is 9.24. The molecule has 0 atom stereocenters. The van der Waals surface area contributed by atoms with Gasteiger partial charge in [0.2, 0.25) is 5.88 Å². The van der Waals surface area contributed by atoms with Gasteiger partial charge in [0.1, 0.15) is 5.76 Å². The number of allylic oxidation sites excluding steroid dienone is 5. The molecule has 1 heterocycles. The van der Waals surface area contributed by atoms with E-state index in [4.69, 9.17) is 27.9 Å². The standard InChI is InChI=1S/C22H17Cl2F3N2O2/c23-16-6-2-8-19(17(24)13-16)31-20-9-3-7-18(29-20)14-4-1-5-15(12-14)21(30)28-11-10-22(25,26)27/h1-5,7-9,12-13H,6,10-11H2,(H,28,30). The Morgan fingerprint density at radius 1 is 1.16 bits per heavy atom. The number of benzene rings is 1. The minimum Gasteiger partial charge on any atom is -0.437 e. The zero-order valence-corrected chi connectivity index (χ0v) is 17.6. The zero-order valence-electron chi connectivity index (χ0n) is 16.0. The number of hydrogen-bond donors (Lipinski definition) is 1. The second-order valence-electron chi connectivity index (χ2n) is 6.57. The fourth-order valence-corrected chi connectivity index (χ4v) is 3.18. The molecule has 1 aliphatic carbocycles. The lowest BCUT2D eigenvalue weighted by Gasteiger charge is -2.10. The van der Waals surface area contributed by atoms with E-state index in [2.05, 4.69) is 10.3 Å². The Hall–Kier alpha value is -2.77. The fourth-order valence-electron chi connectivity index (χ4n) is 2.69. The Bertz CT molecular complexity index is 1060. The van der Waals surface area contributed by atoms with Crippen LogP contribution in [-0.4, -0.2) is 23.6 Å². The smallest absolute Gasteiger partial charge is 0.390 e. The van der Waals surface area contributed by atoms with Crippen LogP contribution in [-0.2, 0) is 0 Å².